The Morgan fingerprint density at radius 2 is 1.80 bits per heavy atom. The second-order valence-electron chi connectivity index (χ2n) is 8.83. The lowest BCUT2D eigenvalue weighted by Gasteiger charge is -2.22. The number of benzene rings is 1. The third-order valence-corrected chi connectivity index (χ3v) is 6.04. The van der Waals surface area contributed by atoms with E-state index in [1.165, 1.54) is 25.5 Å². The first-order valence-corrected chi connectivity index (χ1v) is 12.3. The first-order chi connectivity index (χ1) is 17.1. The van der Waals surface area contributed by atoms with E-state index in [0.29, 0.717) is 24.7 Å². The largest absolute Gasteiger partial charge is 0.394 e. The molecule has 1 aliphatic carbocycles. The third-order valence-electron chi connectivity index (χ3n) is 6.04. The molecule has 0 amide bonds. The Morgan fingerprint density at radius 3 is 2.49 bits per heavy atom. The number of anilines is 4. The molecule has 1 unspecified atom stereocenters. The van der Waals surface area contributed by atoms with E-state index in [9.17, 15) is 0 Å². The zero-order valence-corrected chi connectivity index (χ0v) is 20.0. The number of nitrogens with two attached hydrogens (primary N) is 2. The van der Waals surface area contributed by atoms with Crippen LogP contribution in [0.4, 0.5) is 23.1 Å². The van der Waals surface area contributed by atoms with Gasteiger partial charge in [0.1, 0.15) is 0 Å². The van der Waals surface area contributed by atoms with Crippen molar-refractivity contribution < 1.29 is 14.6 Å². The molecule has 10 nitrogen and oxygen atoms in total. The first-order valence-electron chi connectivity index (χ1n) is 12.3. The zero-order valence-electron chi connectivity index (χ0n) is 20.0. The summed E-state index contributed by atoms with van der Waals surface area (Å²) in [6.07, 6.45) is 13.1. The summed E-state index contributed by atoms with van der Waals surface area (Å²) >= 11 is 0. The van der Waals surface area contributed by atoms with E-state index in [1.807, 2.05) is 41.3 Å². The van der Waals surface area contributed by atoms with Gasteiger partial charge in [0.05, 0.1) is 37.3 Å². The first kappa shape index (κ1) is 24.9. The van der Waals surface area contributed by atoms with Gasteiger partial charge in [0, 0.05) is 24.1 Å². The van der Waals surface area contributed by atoms with E-state index in [4.69, 9.17) is 26.0 Å². The molecule has 1 aromatic carbocycles. The number of nitrogen functional groups attached to an aromatic ring is 2. The van der Waals surface area contributed by atoms with Crippen LogP contribution in [0.5, 0.6) is 0 Å². The lowest BCUT2D eigenvalue weighted by atomic mass is 10.1. The number of aliphatic hydroxyl groups excluding tert-OH is 1. The van der Waals surface area contributed by atoms with Crippen molar-refractivity contribution in [2.75, 3.05) is 30.0 Å². The van der Waals surface area contributed by atoms with Gasteiger partial charge >= 0.3 is 0 Å². The van der Waals surface area contributed by atoms with Gasteiger partial charge in [0.2, 0.25) is 5.95 Å². The Morgan fingerprint density at radius 1 is 1.03 bits per heavy atom. The van der Waals surface area contributed by atoms with Crippen molar-refractivity contribution in [1.29, 1.82) is 0 Å². The summed E-state index contributed by atoms with van der Waals surface area (Å²) < 4.78 is 13.2. The SMILES string of the molecule is Nc1ncc(N)c(Nc2ccc(-c3cnn(CCOC4CCCCO4)c3)cc2)n1.OC1CCCC1. The maximum absolute atomic E-state index is 8.73. The van der Waals surface area contributed by atoms with Crippen molar-refractivity contribution in [3.05, 3.63) is 42.9 Å². The lowest BCUT2D eigenvalue weighted by molar-refractivity contribution is -0.163. The van der Waals surface area contributed by atoms with Crippen molar-refractivity contribution in [3.63, 3.8) is 0 Å². The molecule has 35 heavy (non-hydrogen) atoms. The van der Waals surface area contributed by atoms with Crippen LogP contribution in [-0.2, 0) is 16.0 Å². The van der Waals surface area contributed by atoms with Crippen LogP contribution < -0.4 is 16.8 Å². The molecule has 6 N–H and O–H groups in total. The number of nitrogens with zero attached hydrogens (tertiary/aromatic N) is 4. The van der Waals surface area contributed by atoms with Gasteiger partial charge < -0.3 is 31.4 Å². The van der Waals surface area contributed by atoms with Crippen LogP contribution in [0.2, 0.25) is 0 Å². The van der Waals surface area contributed by atoms with Crippen LogP contribution in [0.1, 0.15) is 44.9 Å². The van der Waals surface area contributed by atoms with Gasteiger partial charge in [-0.05, 0) is 49.8 Å². The molecule has 3 heterocycles. The normalized spacial score (nSPS) is 18.1. The number of nitrogens with one attached hydrogen (secondary N) is 1. The molecular weight excluding hydrogens is 446 g/mol. The molecule has 1 saturated carbocycles. The Labute approximate surface area is 205 Å². The highest BCUT2D eigenvalue weighted by Gasteiger charge is 2.14. The minimum absolute atomic E-state index is 0.0463. The number of aromatic nitrogens is 4. The lowest BCUT2D eigenvalue weighted by Crippen LogP contribution is -2.24. The Kier molecular flexibility index (Phi) is 8.88. The molecule has 2 aromatic heterocycles. The van der Waals surface area contributed by atoms with E-state index in [-0.39, 0.29) is 18.3 Å². The third kappa shape index (κ3) is 7.64. The van der Waals surface area contributed by atoms with Gasteiger partial charge in [-0.25, -0.2) is 4.98 Å². The predicted octanol–water partition coefficient (Wildman–Crippen LogP) is 3.71. The Balaban J connectivity index is 0.000000421. The minimum atomic E-state index is -0.0712. The molecule has 1 aliphatic heterocycles. The summed E-state index contributed by atoms with van der Waals surface area (Å²) in [5.74, 6) is 0.657. The van der Waals surface area contributed by atoms with Gasteiger partial charge in [0.25, 0.3) is 0 Å². The van der Waals surface area contributed by atoms with Crippen LogP contribution in [-0.4, -0.2) is 50.5 Å². The van der Waals surface area contributed by atoms with Crippen molar-refractivity contribution in [2.24, 2.45) is 0 Å². The molecule has 3 aromatic rings. The maximum atomic E-state index is 8.73. The van der Waals surface area contributed by atoms with Gasteiger partial charge in [-0.3, -0.25) is 4.68 Å². The number of aliphatic hydroxyl groups is 1. The molecule has 2 aliphatic rings. The van der Waals surface area contributed by atoms with E-state index >= 15 is 0 Å². The van der Waals surface area contributed by atoms with Crippen LogP contribution in [0, 0.1) is 0 Å². The molecule has 0 spiro atoms. The number of rotatable bonds is 7. The molecule has 1 saturated heterocycles. The van der Waals surface area contributed by atoms with Crippen molar-refractivity contribution in [3.8, 4) is 11.1 Å². The summed E-state index contributed by atoms with van der Waals surface area (Å²) in [5.41, 5.74) is 14.9. The monoisotopic (exact) mass is 481 g/mol. The number of hydrogen-bond acceptors (Lipinski definition) is 9. The summed E-state index contributed by atoms with van der Waals surface area (Å²) in [6.45, 7) is 2.06. The van der Waals surface area contributed by atoms with E-state index in [1.54, 1.807) is 0 Å². The minimum Gasteiger partial charge on any atom is -0.394 e. The average Bonchev–Trinajstić information content (AvgIpc) is 3.55. The van der Waals surface area contributed by atoms with Crippen molar-refractivity contribution >= 4 is 23.1 Å². The molecule has 188 valence electrons. The molecule has 0 radical (unpaired) electrons. The zero-order chi connectivity index (χ0) is 24.5. The quantitative estimate of drug-likeness (QED) is 0.396. The Bertz CT molecular complexity index is 1050. The second kappa shape index (κ2) is 12.5. The predicted molar refractivity (Wildman–Crippen MR) is 136 cm³/mol. The molecule has 10 heteroatoms. The van der Waals surface area contributed by atoms with E-state index < -0.39 is 0 Å². The smallest absolute Gasteiger partial charge is 0.222 e. The summed E-state index contributed by atoms with van der Waals surface area (Å²) in [6, 6.07) is 7.93. The van der Waals surface area contributed by atoms with E-state index in [0.717, 1.165) is 49.1 Å². The molecule has 2 fully saturated rings. The molecule has 1 atom stereocenters. The van der Waals surface area contributed by atoms with Gasteiger partial charge in [-0.2, -0.15) is 10.1 Å². The highest BCUT2D eigenvalue weighted by Crippen LogP contribution is 2.25. The molecule has 0 bridgehead atoms. The topological polar surface area (TPSA) is 146 Å². The fourth-order valence-corrected chi connectivity index (χ4v) is 4.05. The van der Waals surface area contributed by atoms with Gasteiger partial charge in [-0.15, -0.1) is 0 Å². The summed E-state index contributed by atoms with van der Waals surface area (Å²) in [5, 5.41) is 16.3. The standard InChI is InChI=1S/C20H25N7O2.C5H10O/c21-17-12-23-20(22)26-19(17)25-16-6-4-14(5-7-16)15-11-24-27(13-15)8-10-29-18-3-1-2-9-28-18;6-5-3-1-2-4-5/h4-7,11-13,18H,1-3,8-10,21H2,(H3,22,23,25,26);5-6H,1-4H2. The highest BCUT2D eigenvalue weighted by atomic mass is 16.7. The van der Waals surface area contributed by atoms with E-state index in [2.05, 4.69) is 20.4 Å². The fourth-order valence-electron chi connectivity index (χ4n) is 4.05. The fraction of sp³-hybridized carbons (Fsp3) is 0.480. The average molecular weight is 482 g/mol. The van der Waals surface area contributed by atoms with Gasteiger partial charge in [-0.1, -0.05) is 25.0 Å². The summed E-state index contributed by atoms with van der Waals surface area (Å²) in [7, 11) is 0. The number of ether oxygens (including phenoxy) is 2. The van der Waals surface area contributed by atoms with Crippen molar-refractivity contribution in [1.82, 2.24) is 19.7 Å². The maximum Gasteiger partial charge on any atom is 0.222 e. The number of hydrogen-bond donors (Lipinski definition) is 4. The van der Waals surface area contributed by atoms with Crippen LogP contribution in [0.3, 0.4) is 0 Å². The Hall–Kier alpha value is -3.21. The molecule has 5 rings (SSSR count). The van der Waals surface area contributed by atoms with Crippen LogP contribution in [0.25, 0.3) is 11.1 Å². The second-order valence-corrected chi connectivity index (χ2v) is 8.83. The summed E-state index contributed by atoms with van der Waals surface area (Å²) in [4.78, 5) is 7.97. The van der Waals surface area contributed by atoms with Gasteiger partial charge in [0.15, 0.2) is 12.1 Å². The van der Waals surface area contributed by atoms with Crippen LogP contribution >= 0.6 is 0 Å². The van der Waals surface area contributed by atoms with Crippen molar-refractivity contribution in [2.45, 2.75) is 63.9 Å². The van der Waals surface area contributed by atoms with Crippen LogP contribution in [0.15, 0.2) is 42.9 Å². The molecular formula is C25H35N7O3. The highest BCUT2D eigenvalue weighted by molar-refractivity contribution is 5.71.